The van der Waals surface area contributed by atoms with E-state index in [1.807, 2.05) is 57.2 Å². The van der Waals surface area contributed by atoms with Crippen molar-refractivity contribution in [3.63, 3.8) is 0 Å². The molecule has 4 aromatic carbocycles. The van der Waals surface area contributed by atoms with Crippen molar-refractivity contribution in [2.24, 2.45) is 0 Å². The lowest BCUT2D eigenvalue weighted by Crippen LogP contribution is -2.53. The van der Waals surface area contributed by atoms with Gasteiger partial charge in [-0.05, 0) is 86.5 Å². The number of sulfonamides is 1. The molecule has 10 heteroatoms. The Balaban J connectivity index is 1.72. The molecule has 2 amide bonds. The maximum absolute atomic E-state index is 14.2. The molecule has 4 rings (SSSR count). The van der Waals surface area contributed by atoms with Gasteiger partial charge in [-0.15, -0.1) is 0 Å². The monoisotopic (exact) mass is 629 g/mol. The molecular formula is C35H39N3O6S. The number of para-hydroxylation sites is 1. The van der Waals surface area contributed by atoms with E-state index < -0.39 is 28.5 Å². The van der Waals surface area contributed by atoms with Gasteiger partial charge in [0.15, 0.2) is 0 Å². The minimum absolute atomic E-state index is 0.0337. The summed E-state index contributed by atoms with van der Waals surface area (Å²) in [6, 6.07) is 29.9. The van der Waals surface area contributed by atoms with E-state index in [4.69, 9.17) is 9.47 Å². The highest BCUT2D eigenvalue weighted by atomic mass is 32.2. The third-order valence-electron chi connectivity index (χ3n) is 7.02. The number of ether oxygens (including phenoxy) is 2. The Labute approximate surface area is 265 Å². The molecule has 0 aliphatic rings. The van der Waals surface area contributed by atoms with Gasteiger partial charge in [0.2, 0.25) is 11.8 Å². The Morgan fingerprint density at radius 1 is 0.800 bits per heavy atom. The van der Waals surface area contributed by atoms with E-state index in [9.17, 15) is 18.0 Å². The Morgan fingerprint density at radius 3 is 2.00 bits per heavy atom. The molecule has 0 saturated heterocycles. The number of carbonyl (C=O) groups is 2. The fourth-order valence-electron chi connectivity index (χ4n) is 4.82. The number of amides is 2. The van der Waals surface area contributed by atoms with Gasteiger partial charge in [-0.25, -0.2) is 8.42 Å². The summed E-state index contributed by atoms with van der Waals surface area (Å²) >= 11 is 0. The van der Waals surface area contributed by atoms with Gasteiger partial charge in [-0.3, -0.25) is 13.9 Å². The second-order valence-corrected chi connectivity index (χ2v) is 12.6. The Hall–Kier alpha value is -4.83. The Morgan fingerprint density at radius 2 is 1.40 bits per heavy atom. The van der Waals surface area contributed by atoms with Crippen molar-refractivity contribution in [3.8, 4) is 17.2 Å². The van der Waals surface area contributed by atoms with Crippen molar-refractivity contribution in [2.75, 3.05) is 18.0 Å². The van der Waals surface area contributed by atoms with Gasteiger partial charge in [0.05, 0.1) is 17.7 Å². The number of anilines is 1. The molecular weight excluding hydrogens is 590 g/mol. The fraction of sp³-hybridized carbons (Fsp3) is 0.257. The zero-order chi connectivity index (χ0) is 32.4. The minimum Gasteiger partial charge on any atom is -0.497 e. The summed E-state index contributed by atoms with van der Waals surface area (Å²) in [5.74, 6) is 0.888. The van der Waals surface area contributed by atoms with Gasteiger partial charge < -0.3 is 19.7 Å². The van der Waals surface area contributed by atoms with Gasteiger partial charge in [0.25, 0.3) is 10.0 Å². The summed E-state index contributed by atoms with van der Waals surface area (Å²) in [6.45, 7) is 5.05. The molecule has 0 spiro atoms. The highest BCUT2D eigenvalue weighted by Gasteiger charge is 2.34. The number of carbonyl (C=O) groups excluding carboxylic acids is 2. The van der Waals surface area contributed by atoms with Gasteiger partial charge >= 0.3 is 0 Å². The van der Waals surface area contributed by atoms with Crippen LogP contribution in [0.3, 0.4) is 0 Å². The van der Waals surface area contributed by atoms with Crippen molar-refractivity contribution < 1.29 is 27.5 Å². The molecule has 0 unspecified atom stereocenters. The predicted octanol–water partition coefficient (Wildman–Crippen LogP) is 6.01. The predicted molar refractivity (Wildman–Crippen MR) is 175 cm³/mol. The van der Waals surface area contributed by atoms with Crippen LogP contribution in [0.2, 0.25) is 0 Å². The van der Waals surface area contributed by atoms with Crippen molar-refractivity contribution in [2.45, 2.75) is 50.7 Å². The number of hydrogen-bond donors (Lipinski definition) is 1. The molecule has 0 radical (unpaired) electrons. The van der Waals surface area contributed by atoms with Crippen LogP contribution < -0.4 is 19.1 Å². The van der Waals surface area contributed by atoms with Crippen molar-refractivity contribution in [1.29, 1.82) is 0 Å². The number of methoxy groups -OCH3 is 1. The molecule has 0 bridgehead atoms. The number of benzene rings is 4. The third-order valence-corrected chi connectivity index (χ3v) is 8.81. The lowest BCUT2D eigenvalue weighted by molar-refractivity contribution is -0.140. The topological polar surface area (TPSA) is 105 Å². The van der Waals surface area contributed by atoms with Crippen molar-refractivity contribution in [1.82, 2.24) is 10.2 Å². The van der Waals surface area contributed by atoms with Gasteiger partial charge in [0.1, 0.15) is 29.8 Å². The summed E-state index contributed by atoms with van der Waals surface area (Å²) in [5.41, 5.74) is 1.01. The van der Waals surface area contributed by atoms with Crippen LogP contribution >= 0.6 is 0 Å². The summed E-state index contributed by atoms with van der Waals surface area (Å²) in [6.07, 6.45) is 0.325. The first-order valence-corrected chi connectivity index (χ1v) is 16.2. The SMILES string of the molecule is CC[C@@H](C(=O)NC(C)C)N(Cc1cccc(OC)c1)C(=O)CN(c1ccc(Oc2ccccc2)cc1)S(=O)(=O)c1ccccc1. The van der Waals surface area contributed by atoms with E-state index in [1.54, 1.807) is 67.8 Å². The fourth-order valence-corrected chi connectivity index (χ4v) is 6.26. The average molecular weight is 630 g/mol. The minimum atomic E-state index is -4.19. The molecule has 4 aromatic rings. The third kappa shape index (κ3) is 8.63. The molecule has 9 nitrogen and oxygen atoms in total. The summed E-state index contributed by atoms with van der Waals surface area (Å²) in [7, 11) is -2.63. The standard InChI is InChI=1S/C35H39N3O6S/c1-5-33(35(40)36-26(2)3)37(24-27-13-12-16-31(23-27)43-4)34(39)25-38(45(41,42)32-17-10-7-11-18-32)28-19-21-30(22-20-28)44-29-14-8-6-9-15-29/h6-23,26,33H,5,24-25H2,1-4H3,(H,36,40)/t33-/m0/s1. The van der Waals surface area contributed by atoms with E-state index >= 15 is 0 Å². The lowest BCUT2D eigenvalue weighted by Gasteiger charge is -2.33. The number of nitrogens with zero attached hydrogens (tertiary/aromatic N) is 2. The van der Waals surface area contributed by atoms with Crippen LogP contribution in [0.1, 0.15) is 32.8 Å². The summed E-state index contributed by atoms with van der Waals surface area (Å²) < 4.78 is 40.4. The smallest absolute Gasteiger partial charge is 0.264 e. The van der Waals surface area contributed by atoms with Crippen LogP contribution in [0, 0.1) is 0 Å². The van der Waals surface area contributed by atoms with Crippen LogP contribution in [0.15, 0.2) is 114 Å². The molecule has 0 saturated carbocycles. The lowest BCUT2D eigenvalue weighted by atomic mass is 10.1. The van der Waals surface area contributed by atoms with Crippen LogP contribution in [0.5, 0.6) is 17.2 Å². The molecule has 45 heavy (non-hydrogen) atoms. The Bertz CT molecular complexity index is 1660. The number of rotatable bonds is 14. The second kappa shape index (κ2) is 15.3. The molecule has 0 heterocycles. The summed E-state index contributed by atoms with van der Waals surface area (Å²) in [5, 5.41) is 2.90. The number of hydrogen-bond acceptors (Lipinski definition) is 6. The van der Waals surface area contributed by atoms with Gasteiger partial charge in [0, 0.05) is 12.6 Å². The van der Waals surface area contributed by atoms with Crippen molar-refractivity contribution >= 4 is 27.5 Å². The van der Waals surface area contributed by atoms with E-state index in [1.165, 1.54) is 17.0 Å². The van der Waals surface area contributed by atoms with E-state index in [-0.39, 0.29) is 29.1 Å². The van der Waals surface area contributed by atoms with E-state index in [0.717, 1.165) is 9.87 Å². The van der Waals surface area contributed by atoms with E-state index in [2.05, 4.69) is 5.32 Å². The molecule has 1 atom stereocenters. The zero-order valence-electron chi connectivity index (χ0n) is 25.9. The maximum Gasteiger partial charge on any atom is 0.264 e. The first-order valence-electron chi connectivity index (χ1n) is 14.8. The molecule has 0 aliphatic heterocycles. The van der Waals surface area contributed by atoms with Crippen LogP contribution in [-0.4, -0.2) is 50.9 Å². The molecule has 0 aromatic heterocycles. The second-order valence-electron chi connectivity index (χ2n) is 10.7. The zero-order valence-corrected chi connectivity index (χ0v) is 26.7. The molecule has 0 fully saturated rings. The first kappa shape index (κ1) is 33.1. The van der Waals surface area contributed by atoms with Gasteiger partial charge in [-0.2, -0.15) is 0 Å². The first-order chi connectivity index (χ1) is 21.6. The Kier molecular flexibility index (Phi) is 11.2. The molecule has 236 valence electrons. The largest absolute Gasteiger partial charge is 0.497 e. The molecule has 1 N–H and O–H groups in total. The quantitative estimate of drug-likeness (QED) is 0.183. The highest BCUT2D eigenvalue weighted by Crippen LogP contribution is 2.29. The van der Waals surface area contributed by atoms with Crippen LogP contribution in [0.25, 0.3) is 0 Å². The van der Waals surface area contributed by atoms with Crippen LogP contribution in [-0.2, 0) is 26.2 Å². The normalized spacial score (nSPS) is 11.8. The van der Waals surface area contributed by atoms with Crippen LogP contribution in [0.4, 0.5) is 5.69 Å². The maximum atomic E-state index is 14.2. The summed E-state index contributed by atoms with van der Waals surface area (Å²) in [4.78, 5) is 29.0. The van der Waals surface area contributed by atoms with Gasteiger partial charge in [-0.1, -0.05) is 55.5 Å². The number of nitrogens with one attached hydrogen (secondary N) is 1. The highest BCUT2D eigenvalue weighted by molar-refractivity contribution is 7.92. The van der Waals surface area contributed by atoms with E-state index in [0.29, 0.717) is 23.7 Å². The average Bonchev–Trinajstić information content (AvgIpc) is 3.04. The molecule has 0 aliphatic carbocycles. The van der Waals surface area contributed by atoms with Crippen molar-refractivity contribution in [3.05, 3.63) is 115 Å².